The van der Waals surface area contributed by atoms with Crippen molar-refractivity contribution in [3.8, 4) is 0 Å². The highest BCUT2D eigenvalue weighted by atomic mass is 16.5. The van der Waals surface area contributed by atoms with Gasteiger partial charge in [0.1, 0.15) is 18.3 Å². The van der Waals surface area contributed by atoms with E-state index in [1.54, 1.807) is 0 Å². The molecule has 0 bridgehead atoms. The highest BCUT2D eigenvalue weighted by molar-refractivity contribution is 5.97. The molecule has 1 atom stereocenters. The summed E-state index contributed by atoms with van der Waals surface area (Å²) in [5, 5.41) is 0. The molecule has 0 fully saturated rings. The van der Waals surface area contributed by atoms with Crippen LogP contribution < -0.4 is 0 Å². The number of unbranched alkanes of at least 4 members (excludes halogenated alkanes) is 5. The van der Waals surface area contributed by atoms with Crippen LogP contribution in [-0.2, 0) is 14.3 Å². The lowest BCUT2D eigenvalue weighted by molar-refractivity contribution is -0.150. The van der Waals surface area contributed by atoms with Gasteiger partial charge in [-0.2, -0.15) is 0 Å². The zero-order valence-corrected chi connectivity index (χ0v) is 11.7. The second-order valence-electron chi connectivity index (χ2n) is 4.64. The first-order valence-corrected chi connectivity index (χ1v) is 6.91. The van der Waals surface area contributed by atoms with Crippen LogP contribution >= 0.6 is 0 Å². The minimum absolute atomic E-state index is 0.0994. The van der Waals surface area contributed by atoms with Crippen molar-refractivity contribution in [1.29, 1.82) is 0 Å². The number of rotatable bonds is 11. The molecule has 18 heavy (non-hydrogen) atoms. The topological polar surface area (TPSA) is 43.4 Å². The lowest BCUT2D eigenvalue weighted by atomic mass is 9.97. The van der Waals surface area contributed by atoms with Crippen molar-refractivity contribution in [3.63, 3.8) is 0 Å². The highest BCUT2D eigenvalue weighted by Gasteiger charge is 2.23. The Morgan fingerprint density at radius 3 is 2.33 bits per heavy atom. The van der Waals surface area contributed by atoms with Gasteiger partial charge in [-0.3, -0.25) is 9.59 Å². The molecule has 0 saturated carbocycles. The number of esters is 1. The van der Waals surface area contributed by atoms with Crippen molar-refractivity contribution in [2.75, 3.05) is 6.61 Å². The molecule has 0 N–H and O–H groups in total. The predicted molar refractivity (Wildman–Crippen MR) is 73.3 cm³/mol. The van der Waals surface area contributed by atoms with E-state index in [1.165, 1.54) is 38.7 Å². The standard InChI is InChI=1S/C15H26O3/c1-4-6-7-8-9-10-11-14(13(3)16)15(17)18-12-5-2/h5,14H,2,4,6-12H2,1,3H3. The first kappa shape index (κ1) is 16.9. The Kier molecular flexibility index (Phi) is 10.3. The molecule has 104 valence electrons. The SMILES string of the molecule is C=CCOC(=O)C(CCCCCCCC)C(C)=O. The number of hydrogen-bond donors (Lipinski definition) is 0. The summed E-state index contributed by atoms with van der Waals surface area (Å²) in [5.41, 5.74) is 0. The maximum Gasteiger partial charge on any atom is 0.316 e. The van der Waals surface area contributed by atoms with E-state index in [4.69, 9.17) is 4.74 Å². The maximum absolute atomic E-state index is 11.6. The monoisotopic (exact) mass is 254 g/mol. The summed E-state index contributed by atoms with van der Waals surface area (Å²) in [7, 11) is 0. The second kappa shape index (κ2) is 11.0. The van der Waals surface area contributed by atoms with E-state index >= 15 is 0 Å². The van der Waals surface area contributed by atoms with E-state index in [0.717, 1.165) is 12.8 Å². The van der Waals surface area contributed by atoms with E-state index in [1.807, 2.05) is 0 Å². The maximum atomic E-state index is 11.6. The van der Waals surface area contributed by atoms with E-state index in [9.17, 15) is 9.59 Å². The van der Waals surface area contributed by atoms with Gasteiger partial charge >= 0.3 is 5.97 Å². The summed E-state index contributed by atoms with van der Waals surface area (Å²) < 4.78 is 4.93. The first-order chi connectivity index (χ1) is 8.63. The molecular weight excluding hydrogens is 228 g/mol. The van der Waals surface area contributed by atoms with Crippen molar-refractivity contribution in [2.24, 2.45) is 5.92 Å². The fourth-order valence-corrected chi connectivity index (χ4v) is 1.86. The molecule has 0 aliphatic heterocycles. The summed E-state index contributed by atoms with van der Waals surface area (Å²) in [6.45, 7) is 7.30. The number of carbonyl (C=O) groups is 2. The quantitative estimate of drug-likeness (QED) is 0.244. The van der Waals surface area contributed by atoms with Gasteiger partial charge in [-0.15, -0.1) is 0 Å². The minimum Gasteiger partial charge on any atom is -0.461 e. The Labute approximate surface area is 111 Å². The van der Waals surface area contributed by atoms with Crippen molar-refractivity contribution in [2.45, 2.75) is 58.8 Å². The van der Waals surface area contributed by atoms with Crippen molar-refractivity contribution >= 4 is 11.8 Å². The number of ether oxygens (including phenoxy) is 1. The fraction of sp³-hybridized carbons (Fsp3) is 0.733. The Bertz CT molecular complexity index is 258. The second-order valence-corrected chi connectivity index (χ2v) is 4.64. The van der Waals surface area contributed by atoms with Gasteiger partial charge in [0, 0.05) is 0 Å². The van der Waals surface area contributed by atoms with Crippen LogP contribution in [0, 0.1) is 5.92 Å². The zero-order chi connectivity index (χ0) is 13.8. The average Bonchev–Trinajstić information content (AvgIpc) is 2.34. The summed E-state index contributed by atoms with van der Waals surface area (Å²) >= 11 is 0. The zero-order valence-electron chi connectivity index (χ0n) is 11.7. The van der Waals surface area contributed by atoms with Crippen LogP contribution in [-0.4, -0.2) is 18.4 Å². The summed E-state index contributed by atoms with van der Waals surface area (Å²) in [5.74, 6) is -1.09. The van der Waals surface area contributed by atoms with E-state index in [-0.39, 0.29) is 12.4 Å². The highest BCUT2D eigenvalue weighted by Crippen LogP contribution is 2.14. The fourth-order valence-electron chi connectivity index (χ4n) is 1.86. The van der Waals surface area contributed by atoms with Crippen LogP contribution in [0.1, 0.15) is 58.8 Å². The van der Waals surface area contributed by atoms with E-state index in [2.05, 4.69) is 13.5 Å². The predicted octanol–water partition coefficient (Wildman–Crippen LogP) is 3.67. The van der Waals surface area contributed by atoms with E-state index in [0.29, 0.717) is 6.42 Å². The normalized spacial score (nSPS) is 11.9. The van der Waals surface area contributed by atoms with Crippen LogP contribution in [0.25, 0.3) is 0 Å². The van der Waals surface area contributed by atoms with Gasteiger partial charge in [0.15, 0.2) is 0 Å². The number of Topliss-reactive ketones (excluding diaryl/α,β-unsaturated/α-hetero) is 1. The molecule has 0 saturated heterocycles. The lowest BCUT2D eigenvalue weighted by Gasteiger charge is -2.12. The van der Waals surface area contributed by atoms with Gasteiger partial charge in [-0.05, 0) is 13.3 Å². The first-order valence-electron chi connectivity index (χ1n) is 6.91. The number of hydrogen-bond acceptors (Lipinski definition) is 3. The molecule has 0 aromatic rings. The van der Waals surface area contributed by atoms with Gasteiger partial charge in [0.05, 0.1) is 0 Å². The van der Waals surface area contributed by atoms with Crippen LogP contribution in [0.5, 0.6) is 0 Å². The van der Waals surface area contributed by atoms with Crippen molar-refractivity contribution < 1.29 is 14.3 Å². The molecule has 0 aliphatic rings. The van der Waals surface area contributed by atoms with Crippen LogP contribution in [0.2, 0.25) is 0 Å². The molecule has 0 amide bonds. The van der Waals surface area contributed by atoms with Crippen LogP contribution in [0.4, 0.5) is 0 Å². The number of carbonyl (C=O) groups excluding carboxylic acids is 2. The summed E-state index contributed by atoms with van der Waals surface area (Å²) in [6, 6.07) is 0. The molecule has 0 spiro atoms. The lowest BCUT2D eigenvalue weighted by Crippen LogP contribution is -2.24. The van der Waals surface area contributed by atoms with Gasteiger partial charge in [-0.25, -0.2) is 0 Å². The van der Waals surface area contributed by atoms with Crippen molar-refractivity contribution in [1.82, 2.24) is 0 Å². The van der Waals surface area contributed by atoms with Crippen LogP contribution in [0.3, 0.4) is 0 Å². The summed E-state index contributed by atoms with van der Waals surface area (Å²) in [6.07, 6.45) is 9.02. The third kappa shape index (κ3) is 8.04. The molecule has 0 aromatic heterocycles. The molecule has 3 nitrogen and oxygen atoms in total. The molecule has 0 aliphatic carbocycles. The Hall–Kier alpha value is -1.12. The third-order valence-corrected chi connectivity index (χ3v) is 2.97. The summed E-state index contributed by atoms with van der Waals surface area (Å²) in [4.78, 5) is 23.0. The van der Waals surface area contributed by atoms with Gasteiger partial charge in [0.2, 0.25) is 0 Å². The average molecular weight is 254 g/mol. The Morgan fingerprint density at radius 2 is 1.78 bits per heavy atom. The Morgan fingerprint density at radius 1 is 1.17 bits per heavy atom. The smallest absolute Gasteiger partial charge is 0.316 e. The number of ketones is 1. The van der Waals surface area contributed by atoms with E-state index < -0.39 is 11.9 Å². The molecule has 1 unspecified atom stereocenters. The molecular formula is C15H26O3. The molecule has 0 radical (unpaired) electrons. The molecule has 0 aromatic carbocycles. The Balaban J connectivity index is 3.86. The van der Waals surface area contributed by atoms with Gasteiger partial charge in [0.25, 0.3) is 0 Å². The third-order valence-electron chi connectivity index (χ3n) is 2.97. The van der Waals surface area contributed by atoms with Gasteiger partial charge < -0.3 is 4.74 Å². The molecule has 0 heterocycles. The van der Waals surface area contributed by atoms with Gasteiger partial charge in [-0.1, -0.05) is 58.1 Å². The molecule has 3 heteroatoms. The van der Waals surface area contributed by atoms with Crippen LogP contribution in [0.15, 0.2) is 12.7 Å². The van der Waals surface area contributed by atoms with Crippen molar-refractivity contribution in [3.05, 3.63) is 12.7 Å². The minimum atomic E-state index is -0.587. The molecule has 0 rings (SSSR count). The largest absolute Gasteiger partial charge is 0.461 e.